The molecule has 2 aromatic carbocycles. The molecule has 0 saturated carbocycles. The van der Waals surface area contributed by atoms with E-state index >= 15 is 0 Å². The van der Waals surface area contributed by atoms with Gasteiger partial charge in [0.15, 0.2) is 0 Å². The third kappa shape index (κ3) is 5.06. The van der Waals surface area contributed by atoms with Gasteiger partial charge in [0.2, 0.25) is 5.91 Å². The van der Waals surface area contributed by atoms with Crippen LogP contribution >= 0.6 is 11.6 Å². The summed E-state index contributed by atoms with van der Waals surface area (Å²) in [6.07, 6.45) is 0.253. The second-order valence-electron chi connectivity index (χ2n) is 4.78. The molecule has 0 fully saturated rings. The molecule has 0 aliphatic heterocycles. The Balaban J connectivity index is 1.94. The number of rotatable bonds is 7. The summed E-state index contributed by atoms with van der Waals surface area (Å²) in [5.41, 5.74) is 1.77. The zero-order valence-corrected chi connectivity index (χ0v) is 12.8. The van der Waals surface area contributed by atoms with E-state index in [9.17, 15) is 4.79 Å². The number of benzene rings is 2. The van der Waals surface area contributed by atoms with Crippen molar-refractivity contribution in [1.82, 2.24) is 5.32 Å². The van der Waals surface area contributed by atoms with Crippen molar-refractivity contribution in [1.29, 1.82) is 0 Å². The maximum atomic E-state index is 11.6. The maximum absolute atomic E-state index is 11.6. The molecule has 4 nitrogen and oxygen atoms in total. The third-order valence-corrected chi connectivity index (χ3v) is 3.42. The Morgan fingerprint density at radius 1 is 1.18 bits per heavy atom. The van der Waals surface area contributed by atoms with Gasteiger partial charge in [-0.2, -0.15) is 0 Å². The van der Waals surface area contributed by atoms with Gasteiger partial charge in [-0.3, -0.25) is 4.79 Å². The van der Waals surface area contributed by atoms with Crippen molar-refractivity contribution < 1.29 is 14.6 Å². The number of ether oxygens (including phenoxy) is 1. The summed E-state index contributed by atoms with van der Waals surface area (Å²) in [4.78, 5) is 11.6. The zero-order chi connectivity index (χ0) is 15.8. The van der Waals surface area contributed by atoms with Gasteiger partial charge in [-0.1, -0.05) is 41.9 Å². The van der Waals surface area contributed by atoms with Crippen molar-refractivity contribution in [3.05, 3.63) is 64.7 Å². The van der Waals surface area contributed by atoms with E-state index < -0.39 is 0 Å². The number of hydrogen-bond donors (Lipinski definition) is 2. The monoisotopic (exact) mass is 319 g/mol. The lowest BCUT2D eigenvalue weighted by atomic mass is 10.1. The van der Waals surface area contributed by atoms with Gasteiger partial charge < -0.3 is 15.2 Å². The molecule has 0 saturated heterocycles. The average molecular weight is 320 g/mol. The van der Waals surface area contributed by atoms with Crippen LogP contribution in [0.4, 0.5) is 0 Å². The Bertz CT molecular complexity index is 631. The smallest absolute Gasteiger partial charge is 0.224 e. The van der Waals surface area contributed by atoms with Crippen LogP contribution in [0.1, 0.15) is 11.1 Å². The van der Waals surface area contributed by atoms with Gasteiger partial charge in [-0.15, -0.1) is 0 Å². The highest BCUT2D eigenvalue weighted by molar-refractivity contribution is 6.31. The summed E-state index contributed by atoms with van der Waals surface area (Å²) in [5, 5.41) is 12.0. The topological polar surface area (TPSA) is 58.6 Å². The van der Waals surface area contributed by atoms with Crippen LogP contribution < -0.4 is 10.1 Å². The molecule has 0 unspecified atom stereocenters. The minimum atomic E-state index is -0.127. The predicted molar refractivity (Wildman–Crippen MR) is 86.0 cm³/mol. The normalized spacial score (nSPS) is 10.3. The summed E-state index contributed by atoms with van der Waals surface area (Å²) in [7, 11) is 0. The fourth-order valence-corrected chi connectivity index (χ4v) is 2.16. The zero-order valence-electron chi connectivity index (χ0n) is 12.1. The number of amides is 1. The number of halogens is 1. The standard InChI is InChI=1S/C17H18ClNO3/c18-16-7-2-1-5-14(16)12-22-15-6-3-4-13(10-15)11-17(21)19-8-9-20/h1-7,10,20H,8-9,11-12H2,(H,19,21). The first-order valence-electron chi connectivity index (χ1n) is 7.02. The second kappa shape index (κ2) is 8.41. The third-order valence-electron chi connectivity index (χ3n) is 3.05. The summed E-state index contributed by atoms with van der Waals surface area (Å²) >= 11 is 6.09. The number of aliphatic hydroxyl groups is 1. The number of hydrogen-bond acceptors (Lipinski definition) is 3. The van der Waals surface area contributed by atoms with Gasteiger partial charge in [0, 0.05) is 17.1 Å². The van der Waals surface area contributed by atoms with E-state index in [1.807, 2.05) is 48.5 Å². The van der Waals surface area contributed by atoms with Crippen LogP contribution in [-0.4, -0.2) is 24.2 Å². The van der Waals surface area contributed by atoms with Crippen molar-refractivity contribution in [2.24, 2.45) is 0 Å². The van der Waals surface area contributed by atoms with Crippen LogP contribution in [0.5, 0.6) is 5.75 Å². The van der Waals surface area contributed by atoms with Gasteiger partial charge >= 0.3 is 0 Å². The van der Waals surface area contributed by atoms with Crippen molar-refractivity contribution in [3.63, 3.8) is 0 Å². The molecular weight excluding hydrogens is 302 g/mol. The molecule has 2 aromatic rings. The van der Waals surface area contributed by atoms with E-state index in [2.05, 4.69) is 5.32 Å². The molecule has 0 radical (unpaired) electrons. The summed E-state index contributed by atoms with van der Waals surface area (Å²) in [6.45, 7) is 0.577. The lowest BCUT2D eigenvalue weighted by Gasteiger charge is -2.09. The SMILES string of the molecule is O=C(Cc1cccc(OCc2ccccc2Cl)c1)NCCO. The Hall–Kier alpha value is -2.04. The van der Waals surface area contributed by atoms with E-state index in [1.165, 1.54) is 0 Å². The highest BCUT2D eigenvalue weighted by Crippen LogP contribution is 2.19. The van der Waals surface area contributed by atoms with Gasteiger partial charge in [0.25, 0.3) is 0 Å². The first kappa shape index (κ1) is 16.3. The van der Waals surface area contributed by atoms with Crippen LogP contribution in [0.3, 0.4) is 0 Å². The van der Waals surface area contributed by atoms with Gasteiger partial charge in [0.1, 0.15) is 12.4 Å². The molecule has 5 heteroatoms. The molecular formula is C17H18ClNO3. The van der Waals surface area contributed by atoms with E-state index in [-0.39, 0.29) is 25.5 Å². The molecule has 0 bridgehead atoms. The number of nitrogens with one attached hydrogen (secondary N) is 1. The Morgan fingerprint density at radius 2 is 2.00 bits per heavy atom. The molecule has 0 aliphatic carbocycles. The summed E-state index contributed by atoms with van der Waals surface area (Å²) in [5.74, 6) is 0.560. The minimum absolute atomic E-state index is 0.0628. The Morgan fingerprint density at radius 3 is 2.77 bits per heavy atom. The Labute approximate surface area is 134 Å². The predicted octanol–water partition coefficient (Wildman–Crippen LogP) is 2.57. The van der Waals surface area contributed by atoms with Crippen LogP contribution in [-0.2, 0) is 17.8 Å². The second-order valence-corrected chi connectivity index (χ2v) is 5.19. The summed E-state index contributed by atoms with van der Waals surface area (Å²) < 4.78 is 5.72. The highest BCUT2D eigenvalue weighted by Gasteiger charge is 2.05. The number of aliphatic hydroxyl groups excluding tert-OH is 1. The molecule has 2 rings (SSSR count). The van der Waals surface area contributed by atoms with Gasteiger partial charge in [-0.25, -0.2) is 0 Å². The van der Waals surface area contributed by atoms with E-state index in [0.29, 0.717) is 17.4 Å². The van der Waals surface area contributed by atoms with Gasteiger partial charge in [-0.05, 0) is 23.8 Å². The fourth-order valence-electron chi connectivity index (χ4n) is 1.96. The maximum Gasteiger partial charge on any atom is 0.224 e. The molecule has 22 heavy (non-hydrogen) atoms. The van der Waals surface area contributed by atoms with E-state index in [0.717, 1.165) is 11.1 Å². The molecule has 116 valence electrons. The first-order chi connectivity index (χ1) is 10.7. The van der Waals surface area contributed by atoms with E-state index in [4.69, 9.17) is 21.4 Å². The molecule has 1 amide bonds. The largest absolute Gasteiger partial charge is 0.489 e. The molecule has 0 atom stereocenters. The lowest BCUT2D eigenvalue weighted by Crippen LogP contribution is -2.27. The Kier molecular flexibility index (Phi) is 6.25. The van der Waals surface area contributed by atoms with Crippen LogP contribution in [0.15, 0.2) is 48.5 Å². The van der Waals surface area contributed by atoms with Crippen molar-refractivity contribution in [2.75, 3.05) is 13.2 Å². The minimum Gasteiger partial charge on any atom is -0.489 e. The van der Waals surface area contributed by atoms with Crippen LogP contribution in [0, 0.1) is 0 Å². The number of carbonyl (C=O) groups excluding carboxylic acids is 1. The van der Waals surface area contributed by atoms with Gasteiger partial charge in [0.05, 0.1) is 13.0 Å². The van der Waals surface area contributed by atoms with Crippen molar-refractivity contribution in [2.45, 2.75) is 13.0 Å². The molecule has 0 spiro atoms. The van der Waals surface area contributed by atoms with Crippen LogP contribution in [0.25, 0.3) is 0 Å². The van der Waals surface area contributed by atoms with Crippen LogP contribution in [0.2, 0.25) is 5.02 Å². The number of carbonyl (C=O) groups is 1. The van der Waals surface area contributed by atoms with Crippen molar-refractivity contribution in [3.8, 4) is 5.75 Å². The molecule has 0 aromatic heterocycles. The molecule has 0 heterocycles. The fraction of sp³-hybridized carbons (Fsp3) is 0.235. The van der Waals surface area contributed by atoms with Crippen molar-refractivity contribution >= 4 is 17.5 Å². The quantitative estimate of drug-likeness (QED) is 0.824. The molecule has 0 aliphatic rings. The molecule has 2 N–H and O–H groups in total. The summed E-state index contributed by atoms with van der Waals surface area (Å²) in [6, 6.07) is 14.9. The lowest BCUT2D eigenvalue weighted by molar-refractivity contribution is -0.120. The first-order valence-corrected chi connectivity index (χ1v) is 7.39. The average Bonchev–Trinajstić information content (AvgIpc) is 2.52. The highest BCUT2D eigenvalue weighted by atomic mass is 35.5. The van der Waals surface area contributed by atoms with E-state index in [1.54, 1.807) is 0 Å².